The van der Waals surface area contributed by atoms with Gasteiger partial charge in [-0.15, -0.1) is 0 Å². The van der Waals surface area contributed by atoms with E-state index in [-0.39, 0.29) is 35.1 Å². The number of carbonyl (C=O) groups is 1. The minimum atomic E-state index is -3.10. The molecule has 2 saturated heterocycles. The molecule has 2 atom stereocenters. The highest BCUT2D eigenvalue weighted by Crippen LogP contribution is 2.42. The Kier molecular flexibility index (Phi) is 5.63. The molecule has 2 fully saturated rings. The summed E-state index contributed by atoms with van der Waals surface area (Å²) in [5.74, 6) is 0.570. The average Bonchev–Trinajstić information content (AvgIpc) is 3.15. The Morgan fingerprint density at radius 3 is 2.73 bits per heavy atom. The second-order valence-corrected chi connectivity index (χ2v) is 11.1. The molecule has 0 unspecified atom stereocenters. The first-order valence-corrected chi connectivity index (χ1v) is 12.4. The highest BCUT2D eigenvalue weighted by Gasteiger charge is 2.49. The van der Waals surface area contributed by atoms with Crippen LogP contribution in [0, 0.1) is 13.8 Å². The van der Waals surface area contributed by atoms with E-state index in [1.165, 1.54) is 11.8 Å². The largest absolute Gasteiger partial charge is 0.496 e. The van der Waals surface area contributed by atoms with Crippen molar-refractivity contribution in [3.8, 4) is 5.75 Å². The van der Waals surface area contributed by atoms with Gasteiger partial charge in [-0.1, -0.05) is 42.1 Å². The molecule has 0 aliphatic carbocycles. The Morgan fingerprint density at radius 2 is 1.97 bits per heavy atom. The number of thioether (sulfide) groups is 1. The van der Waals surface area contributed by atoms with Gasteiger partial charge in [0.05, 0.1) is 31.1 Å². The third-order valence-electron chi connectivity index (χ3n) is 5.45. The fourth-order valence-corrected chi connectivity index (χ4v) is 7.91. The van der Waals surface area contributed by atoms with Crippen molar-refractivity contribution in [3.63, 3.8) is 0 Å². The molecule has 0 bridgehead atoms. The van der Waals surface area contributed by atoms with Gasteiger partial charge < -0.3 is 9.64 Å². The summed E-state index contributed by atoms with van der Waals surface area (Å²) in [7, 11) is -1.52. The van der Waals surface area contributed by atoms with Gasteiger partial charge >= 0.3 is 0 Å². The van der Waals surface area contributed by atoms with Gasteiger partial charge in [-0.25, -0.2) is 8.42 Å². The van der Waals surface area contributed by atoms with Gasteiger partial charge in [-0.2, -0.15) is 4.99 Å². The van der Waals surface area contributed by atoms with Gasteiger partial charge in [0.25, 0.3) is 5.91 Å². The summed E-state index contributed by atoms with van der Waals surface area (Å²) < 4.78 is 29.8. The Labute approximate surface area is 181 Å². The monoisotopic (exact) mass is 444 g/mol. The summed E-state index contributed by atoms with van der Waals surface area (Å²) in [5.41, 5.74) is 3.79. The molecule has 0 spiro atoms. The SMILES string of the molecule is COc1ccccc1CC(=O)N=C1S[C@@H]2CS(=O)(=O)C[C@@H]2N1c1cc(C)ccc1C. The standard InChI is InChI=1S/C22H24N2O4S2/c1-14-8-9-15(2)17(10-14)24-18-12-30(26,27)13-20(18)29-22(24)23-21(25)11-16-6-4-5-7-19(16)28-3/h4-10,18,20H,11-13H2,1-3H3/t18-,20+/m0/s1. The Balaban J connectivity index is 1.69. The zero-order chi connectivity index (χ0) is 21.5. The van der Waals surface area contributed by atoms with Crippen LogP contribution in [0.25, 0.3) is 0 Å². The molecule has 30 heavy (non-hydrogen) atoms. The molecule has 8 heteroatoms. The number of fused-ring (bicyclic) bond motifs is 1. The van der Waals surface area contributed by atoms with E-state index in [9.17, 15) is 13.2 Å². The van der Waals surface area contributed by atoms with Gasteiger partial charge in [0.1, 0.15) is 5.75 Å². The molecule has 2 aromatic carbocycles. The predicted molar refractivity (Wildman–Crippen MR) is 121 cm³/mol. The lowest BCUT2D eigenvalue weighted by Crippen LogP contribution is -2.38. The minimum Gasteiger partial charge on any atom is -0.496 e. The number of amidine groups is 1. The lowest BCUT2D eigenvalue weighted by Gasteiger charge is -2.26. The molecule has 6 nitrogen and oxygen atoms in total. The van der Waals surface area contributed by atoms with E-state index in [0.29, 0.717) is 10.9 Å². The number of hydrogen-bond donors (Lipinski definition) is 0. The van der Waals surface area contributed by atoms with Crippen molar-refractivity contribution in [2.75, 3.05) is 23.5 Å². The zero-order valence-corrected chi connectivity index (χ0v) is 18.8. The summed E-state index contributed by atoms with van der Waals surface area (Å²) in [6.07, 6.45) is 0.127. The van der Waals surface area contributed by atoms with Crippen LogP contribution in [0.15, 0.2) is 47.5 Å². The molecule has 0 radical (unpaired) electrons. The van der Waals surface area contributed by atoms with Crippen molar-refractivity contribution in [1.82, 2.24) is 0 Å². The number of anilines is 1. The van der Waals surface area contributed by atoms with Crippen molar-refractivity contribution in [2.45, 2.75) is 31.6 Å². The number of para-hydroxylation sites is 1. The number of aryl methyl sites for hydroxylation is 2. The first kappa shape index (κ1) is 20.9. The number of amides is 1. The van der Waals surface area contributed by atoms with Gasteiger partial charge in [-0.05, 0) is 37.1 Å². The number of nitrogens with zero attached hydrogens (tertiary/aromatic N) is 2. The second kappa shape index (κ2) is 8.07. The van der Waals surface area contributed by atoms with Crippen molar-refractivity contribution < 1.29 is 17.9 Å². The third kappa shape index (κ3) is 4.11. The molecule has 1 amide bonds. The molecule has 0 saturated carbocycles. The maximum absolute atomic E-state index is 12.8. The van der Waals surface area contributed by atoms with Crippen LogP contribution in [0.3, 0.4) is 0 Å². The third-order valence-corrected chi connectivity index (χ3v) is 8.66. The molecule has 2 aliphatic rings. The van der Waals surface area contributed by atoms with Gasteiger partial charge in [0.15, 0.2) is 15.0 Å². The summed E-state index contributed by atoms with van der Waals surface area (Å²) in [6, 6.07) is 13.2. The number of ether oxygens (including phenoxy) is 1. The van der Waals surface area contributed by atoms with Crippen LogP contribution >= 0.6 is 11.8 Å². The van der Waals surface area contributed by atoms with Crippen LogP contribution in [-0.2, 0) is 21.1 Å². The molecule has 2 aliphatic heterocycles. The fraction of sp³-hybridized carbons (Fsp3) is 0.364. The summed E-state index contributed by atoms with van der Waals surface area (Å²) >= 11 is 1.39. The van der Waals surface area contributed by atoms with Gasteiger partial charge in [-0.3, -0.25) is 4.79 Å². The number of carbonyl (C=O) groups excluding carboxylic acids is 1. The first-order chi connectivity index (χ1) is 14.3. The van der Waals surface area contributed by atoms with Crippen molar-refractivity contribution in [2.24, 2.45) is 4.99 Å². The smallest absolute Gasteiger partial charge is 0.252 e. The van der Waals surface area contributed by atoms with Crippen molar-refractivity contribution >= 4 is 38.4 Å². The van der Waals surface area contributed by atoms with Crippen molar-refractivity contribution in [1.29, 1.82) is 0 Å². The van der Waals surface area contributed by atoms with E-state index in [1.807, 2.05) is 61.2 Å². The van der Waals surface area contributed by atoms with Gasteiger partial charge in [0.2, 0.25) is 0 Å². The Bertz CT molecular complexity index is 1130. The molecule has 4 rings (SSSR count). The quantitative estimate of drug-likeness (QED) is 0.721. The highest BCUT2D eigenvalue weighted by molar-refractivity contribution is 8.16. The normalized spacial score (nSPS) is 23.6. The lowest BCUT2D eigenvalue weighted by atomic mass is 10.1. The van der Waals surface area contributed by atoms with E-state index in [1.54, 1.807) is 7.11 Å². The molecule has 0 aromatic heterocycles. The number of rotatable bonds is 4. The van der Waals surface area contributed by atoms with E-state index < -0.39 is 9.84 Å². The van der Waals surface area contributed by atoms with Gasteiger partial charge in [0, 0.05) is 16.5 Å². The number of aliphatic imine (C=N–C) groups is 1. The number of sulfone groups is 1. The number of hydrogen-bond acceptors (Lipinski definition) is 5. The highest BCUT2D eigenvalue weighted by atomic mass is 32.2. The summed E-state index contributed by atoms with van der Waals surface area (Å²) in [4.78, 5) is 19.2. The van der Waals surface area contributed by atoms with Crippen LogP contribution < -0.4 is 9.64 Å². The average molecular weight is 445 g/mol. The molecule has 158 valence electrons. The van der Waals surface area contributed by atoms with Crippen LogP contribution in [0.1, 0.15) is 16.7 Å². The van der Waals surface area contributed by atoms with Crippen LogP contribution in [0.2, 0.25) is 0 Å². The molecule has 2 heterocycles. The number of benzene rings is 2. The molecule has 2 aromatic rings. The predicted octanol–water partition coefficient (Wildman–Crippen LogP) is 3.16. The van der Waals surface area contributed by atoms with Crippen LogP contribution in [0.5, 0.6) is 5.75 Å². The second-order valence-electron chi connectivity index (χ2n) is 7.74. The van der Waals surface area contributed by atoms with Crippen LogP contribution in [0.4, 0.5) is 5.69 Å². The maximum atomic E-state index is 12.8. The Morgan fingerprint density at radius 1 is 1.20 bits per heavy atom. The van der Waals surface area contributed by atoms with Crippen molar-refractivity contribution in [3.05, 3.63) is 59.2 Å². The molecule has 0 N–H and O–H groups in total. The van der Waals surface area contributed by atoms with E-state index in [0.717, 1.165) is 22.4 Å². The molecular formula is C22H24N2O4S2. The summed E-state index contributed by atoms with van der Waals surface area (Å²) in [5, 5.41) is 0.459. The van der Waals surface area contributed by atoms with E-state index in [2.05, 4.69) is 4.99 Å². The van der Waals surface area contributed by atoms with E-state index >= 15 is 0 Å². The topological polar surface area (TPSA) is 76.0 Å². The summed E-state index contributed by atoms with van der Waals surface area (Å²) in [6.45, 7) is 3.99. The first-order valence-electron chi connectivity index (χ1n) is 9.74. The Hall–Kier alpha value is -2.32. The molecular weight excluding hydrogens is 420 g/mol. The number of methoxy groups -OCH3 is 1. The lowest BCUT2D eigenvalue weighted by molar-refractivity contribution is -0.117. The zero-order valence-electron chi connectivity index (χ0n) is 17.2. The fourth-order valence-electron chi connectivity index (χ4n) is 3.98. The maximum Gasteiger partial charge on any atom is 0.252 e. The van der Waals surface area contributed by atoms with E-state index in [4.69, 9.17) is 4.74 Å². The minimum absolute atomic E-state index is 0.0811. The van der Waals surface area contributed by atoms with Crippen LogP contribution in [-0.4, -0.2) is 49.4 Å².